The van der Waals surface area contributed by atoms with Gasteiger partial charge in [-0.25, -0.2) is 0 Å². The van der Waals surface area contributed by atoms with Gasteiger partial charge in [0, 0.05) is 5.54 Å². The minimum absolute atomic E-state index is 0.0196. The maximum atomic E-state index is 12.3. The summed E-state index contributed by atoms with van der Waals surface area (Å²) in [6, 6.07) is 8.01. The van der Waals surface area contributed by atoms with Crippen LogP contribution in [0, 0.1) is 6.92 Å². The zero-order valence-corrected chi connectivity index (χ0v) is 12.6. The lowest BCUT2D eigenvalue weighted by molar-refractivity contribution is -0.129. The lowest BCUT2D eigenvalue weighted by Crippen LogP contribution is -2.60. The Labute approximate surface area is 119 Å². The molecule has 0 bridgehead atoms. The number of nitrogens with zero attached hydrogens (tertiary/aromatic N) is 2. The number of amides is 1. The minimum Gasteiger partial charge on any atom is -0.397 e. The van der Waals surface area contributed by atoms with Crippen LogP contribution in [0.3, 0.4) is 0 Å². The van der Waals surface area contributed by atoms with Gasteiger partial charge in [0.05, 0.1) is 5.57 Å². The molecule has 0 radical (unpaired) electrons. The van der Waals surface area contributed by atoms with Crippen molar-refractivity contribution in [1.29, 1.82) is 0 Å². The molecule has 0 atom stereocenters. The number of oxime groups is 1. The Balaban J connectivity index is 2.35. The quantitative estimate of drug-likeness (QED) is 0.472. The lowest BCUT2D eigenvalue weighted by Gasteiger charge is -2.43. The van der Waals surface area contributed by atoms with E-state index in [1.54, 1.807) is 4.90 Å². The number of carbonyl (C=O) groups excluding carboxylic acids is 1. The number of benzene rings is 1. The lowest BCUT2D eigenvalue weighted by atomic mass is 9.93. The largest absolute Gasteiger partial charge is 0.397 e. The molecule has 106 valence electrons. The monoisotopic (exact) mass is 272 g/mol. The number of likely N-dealkylation sites (tertiary alicyclic amines) is 1. The molecule has 1 amide bonds. The number of amidine groups is 1. The second-order valence-corrected chi connectivity index (χ2v) is 5.88. The number of hydrogen-bond donors (Lipinski definition) is 0. The molecule has 4 heteroatoms. The SMILES string of the molecule is CON=C1C(=Cc2ccc(C)cc2)C(=O)N1C(C)(C)C. The van der Waals surface area contributed by atoms with Crippen molar-refractivity contribution in [2.75, 3.05) is 7.11 Å². The van der Waals surface area contributed by atoms with Crippen LogP contribution in [0.25, 0.3) is 6.08 Å². The van der Waals surface area contributed by atoms with Gasteiger partial charge in [-0.05, 0) is 39.3 Å². The molecule has 0 aromatic heterocycles. The molecule has 4 nitrogen and oxygen atoms in total. The topological polar surface area (TPSA) is 41.9 Å². The van der Waals surface area contributed by atoms with E-state index in [-0.39, 0.29) is 11.4 Å². The fraction of sp³-hybridized carbons (Fsp3) is 0.375. The summed E-state index contributed by atoms with van der Waals surface area (Å²) in [7, 11) is 1.49. The summed E-state index contributed by atoms with van der Waals surface area (Å²) in [5, 5.41) is 3.98. The highest BCUT2D eigenvalue weighted by atomic mass is 16.6. The maximum Gasteiger partial charge on any atom is 0.263 e. The molecule has 1 saturated heterocycles. The first-order chi connectivity index (χ1) is 9.34. The Kier molecular flexibility index (Phi) is 3.66. The Morgan fingerprint density at radius 2 is 1.80 bits per heavy atom. The van der Waals surface area contributed by atoms with E-state index in [4.69, 9.17) is 4.84 Å². The van der Waals surface area contributed by atoms with E-state index < -0.39 is 0 Å². The van der Waals surface area contributed by atoms with Gasteiger partial charge in [-0.3, -0.25) is 9.69 Å². The van der Waals surface area contributed by atoms with E-state index >= 15 is 0 Å². The Morgan fingerprint density at radius 1 is 1.20 bits per heavy atom. The van der Waals surface area contributed by atoms with E-state index in [0.29, 0.717) is 11.4 Å². The highest BCUT2D eigenvalue weighted by Gasteiger charge is 2.45. The smallest absolute Gasteiger partial charge is 0.263 e. The molecule has 0 N–H and O–H groups in total. The van der Waals surface area contributed by atoms with Crippen molar-refractivity contribution in [2.24, 2.45) is 5.16 Å². The molecule has 0 spiro atoms. The van der Waals surface area contributed by atoms with Crippen LogP contribution in [0.1, 0.15) is 31.9 Å². The van der Waals surface area contributed by atoms with Crippen molar-refractivity contribution < 1.29 is 9.63 Å². The van der Waals surface area contributed by atoms with Crippen molar-refractivity contribution in [3.8, 4) is 0 Å². The normalized spacial score (nSPS) is 19.4. The summed E-state index contributed by atoms with van der Waals surface area (Å²) in [5.74, 6) is 0.569. The second-order valence-electron chi connectivity index (χ2n) is 5.88. The highest BCUT2D eigenvalue weighted by molar-refractivity contribution is 6.38. The Bertz CT molecular complexity index is 577. The van der Waals surface area contributed by atoms with Crippen molar-refractivity contribution >= 4 is 17.8 Å². The summed E-state index contributed by atoms with van der Waals surface area (Å²) >= 11 is 0. The number of hydrogen-bond acceptors (Lipinski definition) is 3. The van der Waals surface area contributed by atoms with E-state index in [0.717, 1.165) is 5.56 Å². The zero-order valence-electron chi connectivity index (χ0n) is 12.6. The van der Waals surface area contributed by atoms with Crippen LogP contribution in [-0.4, -0.2) is 29.3 Å². The van der Waals surface area contributed by atoms with Gasteiger partial charge in [0.1, 0.15) is 7.11 Å². The molecule has 2 rings (SSSR count). The predicted molar refractivity (Wildman–Crippen MR) is 80.2 cm³/mol. The van der Waals surface area contributed by atoms with Crippen molar-refractivity contribution in [3.05, 3.63) is 41.0 Å². The summed E-state index contributed by atoms with van der Waals surface area (Å²) in [4.78, 5) is 18.8. The molecule has 0 aliphatic carbocycles. The van der Waals surface area contributed by atoms with Gasteiger partial charge in [0.15, 0.2) is 5.84 Å². The average molecular weight is 272 g/mol. The van der Waals surface area contributed by atoms with Gasteiger partial charge in [-0.15, -0.1) is 0 Å². The maximum absolute atomic E-state index is 12.3. The van der Waals surface area contributed by atoms with Gasteiger partial charge in [-0.2, -0.15) is 0 Å². The number of carbonyl (C=O) groups is 1. The first-order valence-electron chi connectivity index (χ1n) is 6.59. The standard InChI is InChI=1S/C16H20N2O2/c1-11-6-8-12(9-7-11)10-13-14(17-20-5)18(15(13)19)16(2,3)4/h6-10H,1-5H3. The molecule has 0 unspecified atom stereocenters. The van der Waals surface area contributed by atoms with Gasteiger partial charge in [0.25, 0.3) is 5.91 Å². The van der Waals surface area contributed by atoms with Gasteiger partial charge in [-0.1, -0.05) is 35.0 Å². The first-order valence-corrected chi connectivity index (χ1v) is 6.59. The fourth-order valence-electron chi connectivity index (χ4n) is 2.13. The van der Waals surface area contributed by atoms with E-state index in [9.17, 15) is 4.79 Å². The van der Waals surface area contributed by atoms with E-state index in [2.05, 4.69) is 5.16 Å². The third kappa shape index (κ3) is 2.59. The summed E-state index contributed by atoms with van der Waals surface area (Å²) in [6.45, 7) is 7.95. The molecule has 1 fully saturated rings. The van der Waals surface area contributed by atoms with E-state index in [1.165, 1.54) is 12.7 Å². The molecule has 1 aliphatic heterocycles. The van der Waals surface area contributed by atoms with Crippen LogP contribution in [0.5, 0.6) is 0 Å². The molecule has 1 aromatic rings. The Hall–Kier alpha value is -2.10. The molecular weight excluding hydrogens is 252 g/mol. The number of aryl methyl sites for hydroxylation is 1. The van der Waals surface area contributed by atoms with Crippen LogP contribution in [0.2, 0.25) is 0 Å². The van der Waals surface area contributed by atoms with Crippen LogP contribution < -0.4 is 0 Å². The third-order valence-corrected chi connectivity index (χ3v) is 3.12. The molecule has 20 heavy (non-hydrogen) atoms. The third-order valence-electron chi connectivity index (χ3n) is 3.12. The fourth-order valence-corrected chi connectivity index (χ4v) is 2.13. The zero-order chi connectivity index (χ0) is 14.9. The van der Waals surface area contributed by atoms with Crippen molar-refractivity contribution in [1.82, 2.24) is 4.90 Å². The predicted octanol–water partition coefficient (Wildman–Crippen LogP) is 2.98. The van der Waals surface area contributed by atoms with Crippen LogP contribution in [-0.2, 0) is 9.63 Å². The van der Waals surface area contributed by atoms with Crippen LogP contribution in [0.15, 0.2) is 35.0 Å². The molecule has 1 heterocycles. The first kappa shape index (κ1) is 14.3. The van der Waals surface area contributed by atoms with Crippen LogP contribution >= 0.6 is 0 Å². The summed E-state index contributed by atoms with van der Waals surface area (Å²) in [6.07, 6.45) is 1.85. The van der Waals surface area contributed by atoms with Crippen LogP contribution in [0.4, 0.5) is 0 Å². The van der Waals surface area contributed by atoms with Crippen molar-refractivity contribution in [2.45, 2.75) is 33.2 Å². The molecule has 0 saturated carbocycles. The van der Waals surface area contributed by atoms with Gasteiger partial charge >= 0.3 is 0 Å². The van der Waals surface area contributed by atoms with Gasteiger partial charge in [0.2, 0.25) is 0 Å². The molecule has 1 aliphatic rings. The number of β-lactam (4-membered cyclic amide) rings is 1. The second kappa shape index (κ2) is 5.12. The minimum atomic E-state index is -0.306. The van der Waals surface area contributed by atoms with Crippen molar-refractivity contribution in [3.63, 3.8) is 0 Å². The molecule has 1 aromatic carbocycles. The highest BCUT2D eigenvalue weighted by Crippen LogP contribution is 2.30. The Morgan fingerprint density at radius 3 is 2.30 bits per heavy atom. The van der Waals surface area contributed by atoms with Gasteiger partial charge < -0.3 is 4.84 Å². The summed E-state index contributed by atoms with van der Waals surface area (Å²) < 4.78 is 0. The summed E-state index contributed by atoms with van der Waals surface area (Å²) in [5.41, 5.74) is 2.45. The number of rotatable bonds is 2. The average Bonchev–Trinajstić information content (AvgIpc) is 2.36. The molecular formula is C16H20N2O2. The van der Waals surface area contributed by atoms with E-state index in [1.807, 2.05) is 58.0 Å².